The maximum Gasteiger partial charge on any atom is 0.410 e. The number of likely N-dealkylation sites (tertiary alicyclic amines) is 1. The molecule has 1 aliphatic carbocycles. The summed E-state index contributed by atoms with van der Waals surface area (Å²) in [5.74, 6) is 0.831. The van der Waals surface area contributed by atoms with Gasteiger partial charge in [0, 0.05) is 56.3 Å². The summed E-state index contributed by atoms with van der Waals surface area (Å²) in [5, 5.41) is 10.9. The SMILES string of the molecule is C=CCN(C(=O)OCc1ccc([N+](=O)[O-])cc1)C1CCN(CCC(C)(CN(C)CC2CCCCC2)c2ccccc2)CC1. The molecule has 1 amide bonds. The molecule has 1 heterocycles. The van der Waals surface area contributed by atoms with E-state index in [1.54, 1.807) is 23.1 Å². The van der Waals surface area contributed by atoms with Crippen molar-refractivity contribution in [3.05, 3.63) is 88.5 Å². The van der Waals surface area contributed by atoms with Gasteiger partial charge in [-0.2, -0.15) is 0 Å². The molecule has 0 bridgehead atoms. The number of carbonyl (C=O) groups excluding carboxylic acids is 1. The summed E-state index contributed by atoms with van der Waals surface area (Å²) in [4.78, 5) is 30.4. The molecule has 0 aromatic heterocycles. The van der Waals surface area contributed by atoms with Crippen LogP contribution in [0.5, 0.6) is 0 Å². The van der Waals surface area contributed by atoms with Crippen molar-refractivity contribution in [2.45, 2.75) is 76.4 Å². The summed E-state index contributed by atoms with van der Waals surface area (Å²) < 4.78 is 5.61. The molecular formula is C35H50N4O4. The summed E-state index contributed by atoms with van der Waals surface area (Å²) in [5.41, 5.74) is 2.22. The van der Waals surface area contributed by atoms with Gasteiger partial charge in [-0.15, -0.1) is 6.58 Å². The van der Waals surface area contributed by atoms with Crippen molar-refractivity contribution >= 4 is 11.8 Å². The Morgan fingerprint density at radius 1 is 1.07 bits per heavy atom. The maximum absolute atomic E-state index is 13.1. The third-order valence-electron chi connectivity index (χ3n) is 9.43. The van der Waals surface area contributed by atoms with Crippen molar-refractivity contribution in [1.82, 2.24) is 14.7 Å². The summed E-state index contributed by atoms with van der Waals surface area (Å²) in [6.45, 7) is 12.0. The molecule has 8 heteroatoms. The van der Waals surface area contributed by atoms with E-state index in [-0.39, 0.29) is 29.8 Å². The van der Waals surface area contributed by atoms with Gasteiger partial charge in [0.15, 0.2) is 0 Å². The number of carbonyl (C=O) groups is 1. The number of nitrogens with zero attached hydrogens (tertiary/aromatic N) is 4. The third-order valence-corrected chi connectivity index (χ3v) is 9.43. The second kappa shape index (κ2) is 16.0. The Labute approximate surface area is 257 Å². The Morgan fingerprint density at radius 2 is 1.74 bits per heavy atom. The predicted molar refractivity (Wildman–Crippen MR) is 172 cm³/mol. The molecule has 2 aromatic carbocycles. The lowest BCUT2D eigenvalue weighted by Crippen LogP contribution is -2.48. The Morgan fingerprint density at radius 3 is 2.37 bits per heavy atom. The van der Waals surface area contributed by atoms with Gasteiger partial charge in [0.1, 0.15) is 6.61 Å². The highest BCUT2D eigenvalue weighted by molar-refractivity contribution is 5.68. The number of amides is 1. The number of non-ortho nitro benzene ring substituents is 1. The van der Waals surface area contributed by atoms with E-state index >= 15 is 0 Å². The molecule has 0 N–H and O–H groups in total. The average molecular weight is 591 g/mol. The van der Waals surface area contributed by atoms with Gasteiger partial charge in [-0.05, 0) is 74.9 Å². The summed E-state index contributed by atoms with van der Waals surface area (Å²) in [6.07, 6.45) is 11.1. The van der Waals surface area contributed by atoms with Gasteiger partial charge >= 0.3 is 6.09 Å². The zero-order valence-electron chi connectivity index (χ0n) is 26.2. The zero-order valence-corrected chi connectivity index (χ0v) is 26.2. The normalized spacial score (nSPS) is 18.2. The molecule has 1 aliphatic heterocycles. The number of likely N-dealkylation sites (N-methyl/N-ethyl adjacent to an activating group) is 1. The van der Waals surface area contributed by atoms with Crippen LogP contribution < -0.4 is 0 Å². The first-order valence-electron chi connectivity index (χ1n) is 16.0. The molecule has 2 aromatic rings. The number of hydrogen-bond acceptors (Lipinski definition) is 6. The van der Waals surface area contributed by atoms with E-state index in [1.807, 2.05) is 0 Å². The van der Waals surface area contributed by atoms with E-state index in [2.05, 4.69) is 60.7 Å². The van der Waals surface area contributed by atoms with Gasteiger partial charge in [0.2, 0.25) is 0 Å². The van der Waals surface area contributed by atoms with Crippen molar-refractivity contribution in [3.63, 3.8) is 0 Å². The molecule has 2 aliphatic rings. The van der Waals surface area contributed by atoms with Crippen LogP contribution in [0.3, 0.4) is 0 Å². The van der Waals surface area contributed by atoms with E-state index < -0.39 is 4.92 Å². The molecule has 8 nitrogen and oxygen atoms in total. The van der Waals surface area contributed by atoms with Crippen molar-refractivity contribution in [2.24, 2.45) is 5.92 Å². The number of rotatable bonds is 14. The van der Waals surface area contributed by atoms with Crippen LogP contribution in [0.4, 0.5) is 10.5 Å². The first-order chi connectivity index (χ1) is 20.8. The summed E-state index contributed by atoms with van der Waals surface area (Å²) in [6, 6.07) is 17.2. The van der Waals surface area contributed by atoms with Gasteiger partial charge < -0.3 is 19.4 Å². The smallest absolute Gasteiger partial charge is 0.410 e. The molecule has 4 rings (SSSR count). The monoisotopic (exact) mass is 590 g/mol. The van der Waals surface area contributed by atoms with Crippen LogP contribution in [-0.2, 0) is 16.8 Å². The molecule has 1 atom stereocenters. The summed E-state index contributed by atoms with van der Waals surface area (Å²) in [7, 11) is 2.30. The fraction of sp³-hybridized carbons (Fsp3) is 0.571. The van der Waals surface area contributed by atoms with Gasteiger partial charge in [-0.1, -0.05) is 62.6 Å². The largest absolute Gasteiger partial charge is 0.445 e. The van der Waals surface area contributed by atoms with E-state index in [1.165, 1.54) is 56.3 Å². The minimum Gasteiger partial charge on any atom is -0.445 e. The highest BCUT2D eigenvalue weighted by atomic mass is 16.6. The minimum absolute atomic E-state index is 0.0191. The number of ether oxygens (including phenoxy) is 1. The van der Waals surface area contributed by atoms with Gasteiger partial charge in [-0.25, -0.2) is 4.79 Å². The number of nitro groups is 1. The lowest BCUT2D eigenvalue weighted by molar-refractivity contribution is -0.384. The second-order valence-electron chi connectivity index (χ2n) is 12.9. The molecule has 2 fully saturated rings. The van der Waals surface area contributed by atoms with E-state index in [0.717, 1.165) is 56.9 Å². The van der Waals surface area contributed by atoms with Crippen LogP contribution in [0.15, 0.2) is 67.3 Å². The Bertz CT molecular complexity index is 1160. The Balaban J connectivity index is 1.29. The minimum atomic E-state index is -0.438. The highest BCUT2D eigenvalue weighted by Crippen LogP contribution is 2.31. The molecule has 1 saturated carbocycles. The van der Waals surface area contributed by atoms with E-state index in [0.29, 0.717) is 6.54 Å². The van der Waals surface area contributed by atoms with Crippen LogP contribution in [0.1, 0.15) is 69.4 Å². The van der Waals surface area contributed by atoms with Crippen LogP contribution in [0, 0.1) is 16.0 Å². The van der Waals surface area contributed by atoms with Crippen molar-refractivity contribution < 1.29 is 14.5 Å². The first kappa shape index (κ1) is 32.7. The molecule has 1 saturated heterocycles. The molecule has 0 spiro atoms. The number of piperidine rings is 1. The number of hydrogen-bond donors (Lipinski definition) is 0. The fourth-order valence-electron chi connectivity index (χ4n) is 6.94. The van der Waals surface area contributed by atoms with E-state index in [9.17, 15) is 14.9 Å². The number of nitro benzene ring substituents is 1. The van der Waals surface area contributed by atoms with Crippen LogP contribution in [0.25, 0.3) is 0 Å². The van der Waals surface area contributed by atoms with Gasteiger partial charge in [0.05, 0.1) is 4.92 Å². The van der Waals surface area contributed by atoms with Gasteiger partial charge in [-0.3, -0.25) is 10.1 Å². The Hall–Kier alpha value is -3.23. The lowest BCUT2D eigenvalue weighted by atomic mass is 9.78. The first-order valence-corrected chi connectivity index (χ1v) is 16.0. The summed E-state index contributed by atoms with van der Waals surface area (Å²) >= 11 is 0. The zero-order chi connectivity index (χ0) is 30.7. The molecule has 1 unspecified atom stereocenters. The molecule has 234 valence electrons. The third kappa shape index (κ3) is 9.63. The molecular weight excluding hydrogens is 540 g/mol. The maximum atomic E-state index is 13.1. The second-order valence-corrected chi connectivity index (χ2v) is 12.9. The molecule has 0 radical (unpaired) electrons. The van der Waals surface area contributed by atoms with Crippen molar-refractivity contribution in [3.8, 4) is 0 Å². The average Bonchev–Trinajstić information content (AvgIpc) is 3.03. The topological polar surface area (TPSA) is 79.2 Å². The van der Waals surface area contributed by atoms with Crippen molar-refractivity contribution in [2.75, 3.05) is 46.3 Å². The molecule has 43 heavy (non-hydrogen) atoms. The van der Waals surface area contributed by atoms with Crippen LogP contribution in [-0.4, -0.2) is 78.1 Å². The number of benzene rings is 2. The van der Waals surface area contributed by atoms with Crippen LogP contribution >= 0.6 is 0 Å². The fourth-order valence-corrected chi connectivity index (χ4v) is 6.94. The predicted octanol–water partition coefficient (Wildman–Crippen LogP) is 7.04. The highest BCUT2D eigenvalue weighted by Gasteiger charge is 2.32. The van der Waals surface area contributed by atoms with Crippen LogP contribution in [0.2, 0.25) is 0 Å². The Kier molecular flexibility index (Phi) is 12.2. The van der Waals surface area contributed by atoms with Gasteiger partial charge in [0.25, 0.3) is 5.69 Å². The standard InChI is InChI=1S/C35H50N4O4/c1-4-22-38(34(40)43-27-30-15-17-33(18-16-30)39(41)42)32-19-23-37(24-20-32)25-21-35(2,31-13-9-6-10-14-31)28-36(3)26-29-11-7-5-8-12-29/h4,6,9-10,13-18,29,32H,1,5,7-8,11-12,19-28H2,2-3H3. The quantitative estimate of drug-likeness (QED) is 0.133. The lowest BCUT2D eigenvalue weighted by Gasteiger charge is -2.40. The van der Waals surface area contributed by atoms with Crippen molar-refractivity contribution in [1.29, 1.82) is 0 Å². The van der Waals surface area contributed by atoms with E-state index in [4.69, 9.17) is 4.74 Å².